The Kier molecular flexibility index (Phi) is 3.39. The molecule has 13 heavy (non-hydrogen) atoms. The molecule has 1 heterocycles. The second-order valence-corrected chi connectivity index (χ2v) is 3.61. The average Bonchev–Trinajstić information content (AvgIpc) is 2.52. The summed E-state index contributed by atoms with van der Waals surface area (Å²) in [7, 11) is 1.36. The van der Waals surface area contributed by atoms with Crippen LogP contribution >= 0.6 is 11.3 Å². The summed E-state index contributed by atoms with van der Waals surface area (Å²) >= 11 is 1.47. The number of rotatable bonds is 3. The van der Waals surface area contributed by atoms with Crippen molar-refractivity contribution >= 4 is 17.3 Å². The van der Waals surface area contributed by atoms with Gasteiger partial charge in [0.1, 0.15) is 5.01 Å². The molecular weight excluding hydrogens is 188 g/mol. The van der Waals surface area contributed by atoms with Crippen molar-refractivity contribution < 1.29 is 9.53 Å². The van der Waals surface area contributed by atoms with Gasteiger partial charge in [-0.2, -0.15) is 0 Å². The van der Waals surface area contributed by atoms with Gasteiger partial charge in [0.2, 0.25) is 0 Å². The lowest BCUT2D eigenvalue weighted by Crippen LogP contribution is -2.07. The first-order valence-electron chi connectivity index (χ1n) is 3.90. The normalized spacial score (nSPS) is 12.5. The minimum absolute atomic E-state index is 0.0728. The van der Waals surface area contributed by atoms with E-state index in [1.165, 1.54) is 18.4 Å². The van der Waals surface area contributed by atoms with E-state index in [2.05, 4.69) is 9.72 Å². The van der Waals surface area contributed by atoms with Crippen LogP contribution in [0.5, 0.6) is 0 Å². The molecular formula is C8H12N2O2S. The van der Waals surface area contributed by atoms with Crippen LogP contribution in [0.3, 0.4) is 0 Å². The van der Waals surface area contributed by atoms with Gasteiger partial charge in [0.05, 0.1) is 25.3 Å². The SMILES string of the molecule is COC(=O)Cc1csc(C(C)N)n1. The quantitative estimate of drug-likeness (QED) is 0.735. The van der Waals surface area contributed by atoms with Crippen LogP contribution < -0.4 is 5.73 Å². The van der Waals surface area contributed by atoms with Crippen LogP contribution in [-0.2, 0) is 16.0 Å². The van der Waals surface area contributed by atoms with Crippen LogP contribution in [0.4, 0.5) is 0 Å². The number of esters is 1. The third kappa shape index (κ3) is 2.78. The zero-order chi connectivity index (χ0) is 9.84. The fraction of sp³-hybridized carbons (Fsp3) is 0.500. The van der Waals surface area contributed by atoms with Crippen LogP contribution in [0, 0.1) is 0 Å². The number of carbonyl (C=O) groups is 1. The molecule has 1 aromatic heterocycles. The van der Waals surface area contributed by atoms with Crippen molar-refractivity contribution in [3.63, 3.8) is 0 Å². The Morgan fingerprint density at radius 3 is 3.00 bits per heavy atom. The fourth-order valence-electron chi connectivity index (χ4n) is 0.833. The van der Waals surface area contributed by atoms with E-state index >= 15 is 0 Å². The molecule has 1 atom stereocenters. The zero-order valence-electron chi connectivity index (χ0n) is 7.61. The van der Waals surface area contributed by atoms with E-state index in [1.54, 1.807) is 0 Å². The lowest BCUT2D eigenvalue weighted by molar-refractivity contribution is -0.139. The highest BCUT2D eigenvalue weighted by molar-refractivity contribution is 7.09. The molecule has 0 saturated heterocycles. The predicted molar refractivity (Wildman–Crippen MR) is 50.4 cm³/mol. The Balaban J connectivity index is 2.64. The molecule has 72 valence electrons. The van der Waals surface area contributed by atoms with Gasteiger partial charge in [-0.1, -0.05) is 0 Å². The van der Waals surface area contributed by atoms with Crippen LogP contribution in [0.25, 0.3) is 0 Å². The zero-order valence-corrected chi connectivity index (χ0v) is 8.43. The van der Waals surface area contributed by atoms with E-state index in [-0.39, 0.29) is 18.4 Å². The topological polar surface area (TPSA) is 65.2 Å². The number of carbonyl (C=O) groups excluding carboxylic acids is 1. The number of methoxy groups -OCH3 is 1. The summed E-state index contributed by atoms with van der Waals surface area (Å²) in [6.45, 7) is 1.86. The molecule has 0 radical (unpaired) electrons. The van der Waals surface area contributed by atoms with Gasteiger partial charge in [0.25, 0.3) is 0 Å². The number of hydrogen-bond donors (Lipinski definition) is 1. The first kappa shape index (κ1) is 10.1. The van der Waals surface area contributed by atoms with Crippen molar-refractivity contribution in [1.82, 2.24) is 4.98 Å². The van der Waals surface area contributed by atoms with E-state index in [1.807, 2.05) is 12.3 Å². The molecule has 4 nitrogen and oxygen atoms in total. The summed E-state index contributed by atoms with van der Waals surface area (Å²) in [6, 6.07) is -0.0728. The number of thiazole rings is 1. The molecule has 1 rings (SSSR count). The monoisotopic (exact) mass is 200 g/mol. The molecule has 2 N–H and O–H groups in total. The molecule has 0 aromatic carbocycles. The molecule has 0 saturated carbocycles. The second-order valence-electron chi connectivity index (χ2n) is 2.72. The van der Waals surface area contributed by atoms with Crippen molar-refractivity contribution in [3.8, 4) is 0 Å². The van der Waals surface area contributed by atoms with Gasteiger partial charge >= 0.3 is 5.97 Å². The summed E-state index contributed by atoms with van der Waals surface area (Å²) in [6.07, 6.45) is 0.222. The minimum Gasteiger partial charge on any atom is -0.469 e. The third-order valence-corrected chi connectivity index (χ3v) is 2.61. The number of aromatic nitrogens is 1. The molecule has 0 aliphatic carbocycles. The van der Waals surface area contributed by atoms with Crippen LogP contribution in [0.2, 0.25) is 0 Å². The number of ether oxygens (including phenoxy) is 1. The Bertz CT molecular complexity index is 296. The molecule has 0 bridgehead atoms. The lowest BCUT2D eigenvalue weighted by atomic mass is 10.3. The standard InChI is InChI=1S/C8H12N2O2S/c1-5(9)8-10-6(4-13-8)3-7(11)12-2/h4-5H,3,9H2,1-2H3. The highest BCUT2D eigenvalue weighted by Crippen LogP contribution is 2.16. The average molecular weight is 200 g/mol. The van der Waals surface area contributed by atoms with Crippen molar-refractivity contribution in [2.45, 2.75) is 19.4 Å². The maximum absolute atomic E-state index is 10.9. The van der Waals surface area contributed by atoms with Gasteiger partial charge in [-0.05, 0) is 6.92 Å². The van der Waals surface area contributed by atoms with E-state index in [9.17, 15) is 4.79 Å². The van der Waals surface area contributed by atoms with E-state index < -0.39 is 0 Å². The number of hydrogen-bond acceptors (Lipinski definition) is 5. The van der Waals surface area contributed by atoms with Crippen molar-refractivity contribution in [3.05, 3.63) is 16.1 Å². The summed E-state index contributed by atoms with van der Waals surface area (Å²) in [4.78, 5) is 15.1. The molecule has 0 aliphatic rings. The maximum atomic E-state index is 10.9. The largest absolute Gasteiger partial charge is 0.469 e. The van der Waals surface area contributed by atoms with Crippen molar-refractivity contribution in [2.24, 2.45) is 5.73 Å². The van der Waals surface area contributed by atoms with E-state index in [0.717, 1.165) is 10.7 Å². The number of nitrogens with zero attached hydrogens (tertiary/aromatic N) is 1. The Labute approximate surface area is 80.7 Å². The van der Waals surface area contributed by atoms with Crippen LogP contribution in [0.1, 0.15) is 23.7 Å². The molecule has 0 aliphatic heterocycles. The van der Waals surface area contributed by atoms with Crippen LogP contribution in [-0.4, -0.2) is 18.1 Å². The van der Waals surface area contributed by atoms with Crippen molar-refractivity contribution in [2.75, 3.05) is 7.11 Å². The highest BCUT2D eigenvalue weighted by Gasteiger charge is 2.09. The molecule has 0 amide bonds. The van der Waals surface area contributed by atoms with Gasteiger partial charge in [-0.3, -0.25) is 4.79 Å². The summed E-state index contributed by atoms with van der Waals surface area (Å²) in [5.74, 6) is -0.276. The Morgan fingerprint density at radius 2 is 2.54 bits per heavy atom. The second kappa shape index (κ2) is 4.34. The van der Waals surface area contributed by atoms with Gasteiger partial charge in [0, 0.05) is 5.38 Å². The smallest absolute Gasteiger partial charge is 0.311 e. The fourth-order valence-corrected chi connectivity index (χ4v) is 1.61. The minimum atomic E-state index is -0.276. The summed E-state index contributed by atoms with van der Waals surface area (Å²) < 4.78 is 4.52. The number of nitrogens with two attached hydrogens (primary N) is 1. The van der Waals surface area contributed by atoms with Gasteiger partial charge < -0.3 is 10.5 Å². The summed E-state index contributed by atoms with van der Waals surface area (Å²) in [5.41, 5.74) is 6.35. The van der Waals surface area contributed by atoms with Gasteiger partial charge in [-0.25, -0.2) is 4.98 Å². The van der Waals surface area contributed by atoms with Gasteiger partial charge in [-0.15, -0.1) is 11.3 Å². The Morgan fingerprint density at radius 1 is 1.85 bits per heavy atom. The predicted octanol–water partition coefficient (Wildman–Crippen LogP) is 0.878. The van der Waals surface area contributed by atoms with Crippen molar-refractivity contribution in [1.29, 1.82) is 0 Å². The maximum Gasteiger partial charge on any atom is 0.311 e. The first-order valence-corrected chi connectivity index (χ1v) is 4.78. The van der Waals surface area contributed by atoms with Gasteiger partial charge in [0.15, 0.2) is 0 Å². The molecule has 1 unspecified atom stereocenters. The molecule has 0 fully saturated rings. The Hall–Kier alpha value is -0.940. The molecule has 5 heteroatoms. The summed E-state index contributed by atoms with van der Waals surface area (Å²) in [5, 5.41) is 2.68. The molecule has 1 aromatic rings. The first-order chi connectivity index (χ1) is 6.13. The van der Waals surface area contributed by atoms with E-state index in [0.29, 0.717) is 0 Å². The van der Waals surface area contributed by atoms with Crippen LogP contribution in [0.15, 0.2) is 5.38 Å². The van der Waals surface area contributed by atoms with E-state index in [4.69, 9.17) is 5.73 Å². The lowest BCUT2D eigenvalue weighted by Gasteiger charge is -1.97. The third-order valence-electron chi connectivity index (χ3n) is 1.51. The molecule has 0 spiro atoms. The highest BCUT2D eigenvalue weighted by atomic mass is 32.1.